The number of hydrogen-bond acceptors (Lipinski definition) is 3. The summed E-state index contributed by atoms with van der Waals surface area (Å²) < 4.78 is 4.79. The van der Waals surface area contributed by atoms with Gasteiger partial charge in [-0.15, -0.1) is 0 Å². The summed E-state index contributed by atoms with van der Waals surface area (Å²) >= 11 is 0. The van der Waals surface area contributed by atoms with Crippen LogP contribution >= 0.6 is 0 Å². The fourth-order valence-corrected chi connectivity index (χ4v) is 1.22. The second kappa shape index (κ2) is 6.45. The van der Waals surface area contributed by atoms with E-state index >= 15 is 0 Å². The lowest BCUT2D eigenvalue weighted by Gasteiger charge is -2.02. The van der Waals surface area contributed by atoms with E-state index in [4.69, 9.17) is 10.5 Å². The number of nitrogens with two attached hydrogens (primary N) is 1. The van der Waals surface area contributed by atoms with Crippen LogP contribution in [0.4, 0.5) is 0 Å². The van der Waals surface area contributed by atoms with Gasteiger partial charge in [0.25, 0.3) is 0 Å². The molecule has 0 atom stereocenters. The quantitative estimate of drug-likeness (QED) is 0.465. The predicted octanol–water partition coefficient (Wildman–Crippen LogP) is 1.80. The summed E-state index contributed by atoms with van der Waals surface area (Å²) in [6.07, 6.45) is 3.36. The SMILES string of the molecule is C=CCOC(=O)/C=C(/N)Cc1ccccc1. The third-order valence-corrected chi connectivity index (χ3v) is 1.90. The minimum atomic E-state index is -0.437. The summed E-state index contributed by atoms with van der Waals surface area (Å²) in [5, 5.41) is 0. The maximum atomic E-state index is 11.2. The van der Waals surface area contributed by atoms with E-state index in [-0.39, 0.29) is 6.61 Å². The van der Waals surface area contributed by atoms with Gasteiger partial charge in [0, 0.05) is 18.2 Å². The van der Waals surface area contributed by atoms with E-state index in [1.807, 2.05) is 30.3 Å². The lowest BCUT2D eigenvalue weighted by molar-refractivity contribution is -0.136. The molecule has 0 aliphatic heterocycles. The number of hydrogen-bond donors (Lipinski definition) is 1. The monoisotopic (exact) mass is 217 g/mol. The third kappa shape index (κ3) is 4.46. The molecule has 1 aromatic carbocycles. The van der Waals surface area contributed by atoms with Crippen molar-refractivity contribution >= 4 is 5.97 Å². The molecule has 3 heteroatoms. The number of carbonyl (C=O) groups is 1. The molecule has 0 amide bonds. The third-order valence-electron chi connectivity index (χ3n) is 1.90. The lowest BCUT2D eigenvalue weighted by atomic mass is 10.1. The first kappa shape index (κ1) is 12.0. The van der Waals surface area contributed by atoms with Crippen molar-refractivity contribution in [3.63, 3.8) is 0 Å². The number of benzene rings is 1. The topological polar surface area (TPSA) is 52.3 Å². The Morgan fingerprint density at radius 1 is 1.38 bits per heavy atom. The van der Waals surface area contributed by atoms with Crippen molar-refractivity contribution in [2.24, 2.45) is 5.73 Å². The van der Waals surface area contributed by atoms with E-state index in [9.17, 15) is 4.79 Å². The van der Waals surface area contributed by atoms with Gasteiger partial charge in [0.2, 0.25) is 0 Å². The number of esters is 1. The van der Waals surface area contributed by atoms with Crippen LogP contribution < -0.4 is 5.73 Å². The molecule has 0 fully saturated rings. The second-order valence-corrected chi connectivity index (χ2v) is 3.30. The molecule has 0 aliphatic rings. The van der Waals surface area contributed by atoms with Crippen LogP contribution in [0.25, 0.3) is 0 Å². The second-order valence-electron chi connectivity index (χ2n) is 3.30. The van der Waals surface area contributed by atoms with Gasteiger partial charge in [-0.3, -0.25) is 0 Å². The van der Waals surface area contributed by atoms with Crippen LogP contribution in [0.3, 0.4) is 0 Å². The van der Waals surface area contributed by atoms with E-state index in [2.05, 4.69) is 6.58 Å². The minimum Gasteiger partial charge on any atom is -0.458 e. The van der Waals surface area contributed by atoms with Crippen molar-refractivity contribution in [2.45, 2.75) is 6.42 Å². The molecule has 16 heavy (non-hydrogen) atoms. The summed E-state index contributed by atoms with van der Waals surface area (Å²) in [6.45, 7) is 3.65. The Labute approximate surface area is 95.2 Å². The number of allylic oxidation sites excluding steroid dienone is 1. The van der Waals surface area contributed by atoms with E-state index in [0.717, 1.165) is 5.56 Å². The van der Waals surface area contributed by atoms with Gasteiger partial charge in [-0.25, -0.2) is 4.79 Å². The Morgan fingerprint density at radius 2 is 2.06 bits per heavy atom. The first-order valence-corrected chi connectivity index (χ1v) is 5.00. The summed E-state index contributed by atoms with van der Waals surface area (Å²) in [5.41, 5.74) is 7.26. The van der Waals surface area contributed by atoms with Gasteiger partial charge in [0.05, 0.1) is 0 Å². The zero-order valence-corrected chi connectivity index (χ0v) is 9.06. The normalized spacial score (nSPS) is 10.9. The molecule has 0 heterocycles. The van der Waals surface area contributed by atoms with Gasteiger partial charge in [0.15, 0.2) is 0 Å². The number of rotatable bonds is 5. The molecule has 0 saturated carbocycles. The van der Waals surface area contributed by atoms with Crippen LogP contribution in [0.2, 0.25) is 0 Å². The minimum absolute atomic E-state index is 0.202. The first-order valence-electron chi connectivity index (χ1n) is 5.00. The predicted molar refractivity (Wildman–Crippen MR) is 63.6 cm³/mol. The van der Waals surface area contributed by atoms with E-state index in [1.54, 1.807) is 0 Å². The fraction of sp³-hybridized carbons (Fsp3) is 0.154. The average molecular weight is 217 g/mol. The van der Waals surface area contributed by atoms with Crippen molar-refractivity contribution in [1.82, 2.24) is 0 Å². The van der Waals surface area contributed by atoms with Crippen molar-refractivity contribution in [2.75, 3.05) is 6.61 Å². The maximum absolute atomic E-state index is 11.2. The average Bonchev–Trinajstić information content (AvgIpc) is 2.27. The van der Waals surface area contributed by atoms with Gasteiger partial charge < -0.3 is 10.5 Å². The van der Waals surface area contributed by atoms with Crippen molar-refractivity contribution in [3.8, 4) is 0 Å². The van der Waals surface area contributed by atoms with Crippen molar-refractivity contribution in [1.29, 1.82) is 0 Å². The molecule has 0 saturated heterocycles. The van der Waals surface area contributed by atoms with Crippen LogP contribution in [0.5, 0.6) is 0 Å². The molecule has 0 radical (unpaired) electrons. The van der Waals surface area contributed by atoms with Gasteiger partial charge in [-0.05, 0) is 5.56 Å². The van der Waals surface area contributed by atoms with E-state index in [0.29, 0.717) is 12.1 Å². The highest BCUT2D eigenvalue weighted by molar-refractivity contribution is 5.82. The Bertz CT molecular complexity index is 382. The molecule has 3 nitrogen and oxygen atoms in total. The zero-order chi connectivity index (χ0) is 11.8. The van der Waals surface area contributed by atoms with E-state index < -0.39 is 5.97 Å². The Balaban J connectivity index is 2.51. The molecule has 84 valence electrons. The molecule has 2 N–H and O–H groups in total. The maximum Gasteiger partial charge on any atom is 0.332 e. The molecule has 0 aliphatic carbocycles. The molecule has 0 spiro atoms. The molecule has 1 aromatic rings. The first-order chi connectivity index (χ1) is 7.72. The molecule has 0 unspecified atom stereocenters. The highest BCUT2D eigenvalue weighted by Crippen LogP contribution is 2.03. The smallest absolute Gasteiger partial charge is 0.332 e. The van der Waals surface area contributed by atoms with Crippen LogP contribution in [-0.4, -0.2) is 12.6 Å². The van der Waals surface area contributed by atoms with Gasteiger partial charge >= 0.3 is 5.97 Å². The number of carbonyl (C=O) groups excluding carboxylic acids is 1. The summed E-state index contributed by atoms with van der Waals surface area (Å²) in [6, 6.07) is 9.70. The molecule has 1 rings (SSSR count). The molecular weight excluding hydrogens is 202 g/mol. The Kier molecular flexibility index (Phi) is 4.86. The van der Waals surface area contributed by atoms with Crippen molar-refractivity contribution in [3.05, 3.63) is 60.3 Å². The Morgan fingerprint density at radius 3 is 2.69 bits per heavy atom. The largest absolute Gasteiger partial charge is 0.458 e. The van der Waals surface area contributed by atoms with Crippen LogP contribution in [-0.2, 0) is 16.0 Å². The van der Waals surface area contributed by atoms with Gasteiger partial charge in [-0.1, -0.05) is 43.0 Å². The van der Waals surface area contributed by atoms with E-state index in [1.165, 1.54) is 12.2 Å². The van der Waals surface area contributed by atoms with Crippen LogP contribution in [0.15, 0.2) is 54.8 Å². The standard InChI is InChI=1S/C13H15NO2/c1-2-8-16-13(15)10-12(14)9-11-6-4-3-5-7-11/h2-7,10H,1,8-9,14H2/b12-10+. The lowest BCUT2D eigenvalue weighted by Crippen LogP contribution is -2.08. The van der Waals surface area contributed by atoms with Crippen LogP contribution in [0, 0.1) is 0 Å². The highest BCUT2D eigenvalue weighted by atomic mass is 16.5. The fourth-order valence-electron chi connectivity index (χ4n) is 1.22. The molecular formula is C13H15NO2. The molecule has 0 aromatic heterocycles. The Hall–Kier alpha value is -2.03. The summed E-state index contributed by atoms with van der Waals surface area (Å²) in [7, 11) is 0. The summed E-state index contributed by atoms with van der Waals surface area (Å²) in [5.74, 6) is -0.437. The summed E-state index contributed by atoms with van der Waals surface area (Å²) in [4.78, 5) is 11.2. The highest BCUT2D eigenvalue weighted by Gasteiger charge is 2.00. The van der Waals surface area contributed by atoms with Crippen LogP contribution in [0.1, 0.15) is 5.56 Å². The molecule has 0 bridgehead atoms. The van der Waals surface area contributed by atoms with Gasteiger partial charge in [-0.2, -0.15) is 0 Å². The van der Waals surface area contributed by atoms with Crippen molar-refractivity contribution < 1.29 is 9.53 Å². The van der Waals surface area contributed by atoms with Gasteiger partial charge in [0.1, 0.15) is 6.61 Å². The number of ether oxygens (including phenoxy) is 1. The zero-order valence-electron chi connectivity index (χ0n) is 9.06.